The molecule has 2 aromatic heterocycles. The van der Waals surface area contributed by atoms with E-state index in [-0.39, 0.29) is 18.1 Å². The number of aryl methyl sites for hydroxylation is 1. The molecule has 34 heavy (non-hydrogen) atoms. The average molecular weight is 487 g/mol. The van der Waals surface area contributed by atoms with Crippen LogP contribution in [0.4, 0.5) is 0 Å². The molecule has 1 aliphatic heterocycles. The number of likely N-dealkylation sites (tertiary alicyclic amines) is 1. The van der Waals surface area contributed by atoms with Crippen molar-refractivity contribution < 1.29 is 14.6 Å². The lowest BCUT2D eigenvalue weighted by atomic mass is 9.91. The highest BCUT2D eigenvalue weighted by atomic mass is 32.1. The summed E-state index contributed by atoms with van der Waals surface area (Å²) in [5.74, 6) is 1.36. The third kappa shape index (κ3) is 4.95. The van der Waals surface area contributed by atoms with Crippen LogP contribution in [0.5, 0.6) is 5.88 Å². The summed E-state index contributed by atoms with van der Waals surface area (Å²) < 4.78 is 6.52. The monoisotopic (exact) mass is 486 g/mol. The lowest BCUT2D eigenvalue weighted by Gasteiger charge is -2.35. The van der Waals surface area contributed by atoms with E-state index in [9.17, 15) is 9.90 Å². The fraction of sp³-hybridized carbons (Fsp3) is 0.731. The number of fused-ring (bicyclic) bond motifs is 3. The molecule has 2 aromatic rings. The highest BCUT2D eigenvalue weighted by Crippen LogP contribution is 2.48. The number of carbonyl (C=O) groups is 1. The van der Waals surface area contributed by atoms with Crippen molar-refractivity contribution in [3.63, 3.8) is 0 Å². The first kappa shape index (κ1) is 23.9. The van der Waals surface area contributed by atoms with E-state index in [1.165, 1.54) is 10.4 Å². The van der Waals surface area contributed by atoms with Gasteiger partial charge in [0.15, 0.2) is 0 Å². The molecule has 2 aliphatic carbocycles. The van der Waals surface area contributed by atoms with Crippen LogP contribution in [0.15, 0.2) is 6.33 Å². The van der Waals surface area contributed by atoms with Crippen molar-refractivity contribution in [1.82, 2.24) is 19.8 Å². The van der Waals surface area contributed by atoms with Crippen molar-refractivity contribution in [2.45, 2.75) is 95.3 Å². The van der Waals surface area contributed by atoms with Gasteiger partial charge in [0.1, 0.15) is 17.3 Å². The molecular formula is C26H38N4O3S. The molecule has 3 aliphatic rings. The Kier molecular flexibility index (Phi) is 7.37. The van der Waals surface area contributed by atoms with Crippen molar-refractivity contribution in [2.24, 2.45) is 0 Å². The molecule has 186 valence electrons. The molecule has 5 rings (SSSR count). The van der Waals surface area contributed by atoms with Gasteiger partial charge in [0.05, 0.1) is 18.0 Å². The molecule has 2 fully saturated rings. The van der Waals surface area contributed by atoms with Gasteiger partial charge in [-0.1, -0.05) is 6.92 Å². The van der Waals surface area contributed by atoms with E-state index >= 15 is 0 Å². The Morgan fingerprint density at radius 3 is 2.74 bits per heavy atom. The molecular weight excluding hydrogens is 448 g/mol. The highest BCUT2D eigenvalue weighted by Gasteiger charge is 2.33. The van der Waals surface area contributed by atoms with E-state index in [1.807, 2.05) is 11.8 Å². The maximum absolute atomic E-state index is 12.5. The van der Waals surface area contributed by atoms with Crippen LogP contribution >= 0.6 is 11.3 Å². The van der Waals surface area contributed by atoms with E-state index in [1.54, 1.807) is 17.7 Å². The number of rotatable bonds is 8. The van der Waals surface area contributed by atoms with E-state index in [0.29, 0.717) is 18.5 Å². The topological polar surface area (TPSA) is 78.8 Å². The van der Waals surface area contributed by atoms with Gasteiger partial charge in [-0.25, -0.2) is 9.97 Å². The molecule has 2 atom stereocenters. The van der Waals surface area contributed by atoms with Crippen molar-refractivity contribution in [3.8, 4) is 5.88 Å². The van der Waals surface area contributed by atoms with Crippen LogP contribution in [0.25, 0.3) is 10.2 Å². The zero-order valence-electron chi connectivity index (χ0n) is 20.5. The van der Waals surface area contributed by atoms with Crippen LogP contribution in [-0.2, 0) is 11.2 Å². The number of aliphatic hydroxyl groups is 1. The zero-order valence-corrected chi connectivity index (χ0v) is 21.4. The Labute approximate surface area is 206 Å². The Morgan fingerprint density at radius 1 is 1.24 bits per heavy atom. The molecule has 0 spiro atoms. The molecule has 1 amide bonds. The molecule has 0 bridgehead atoms. The predicted molar refractivity (Wildman–Crippen MR) is 135 cm³/mol. The molecule has 0 unspecified atom stereocenters. The Hall–Kier alpha value is -1.77. The minimum atomic E-state index is -0.260. The Balaban J connectivity index is 1.22. The van der Waals surface area contributed by atoms with E-state index in [4.69, 9.17) is 4.74 Å². The van der Waals surface area contributed by atoms with Crippen molar-refractivity contribution in [1.29, 1.82) is 0 Å². The van der Waals surface area contributed by atoms with Gasteiger partial charge in [-0.15, -0.1) is 11.3 Å². The van der Waals surface area contributed by atoms with Crippen LogP contribution in [0.2, 0.25) is 0 Å². The SMILES string of the molecule is CC[C@H](O)C[C@H]1CCc2sc3ncnc(O[C@H]4CC[C@H](N(C)CC(=O)N5CCCC5)CC4)c3c21. The number of carbonyl (C=O) groups excluding carboxylic acids is 1. The molecule has 0 radical (unpaired) electrons. The van der Waals surface area contributed by atoms with Crippen LogP contribution in [-0.4, -0.2) is 75.7 Å². The zero-order chi connectivity index (χ0) is 23.7. The lowest BCUT2D eigenvalue weighted by molar-refractivity contribution is -0.131. The number of hydrogen-bond acceptors (Lipinski definition) is 7. The summed E-state index contributed by atoms with van der Waals surface area (Å²) in [7, 11) is 2.09. The minimum absolute atomic E-state index is 0.147. The summed E-state index contributed by atoms with van der Waals surface area (Å²) in [6, 6.07) is 0.433. The molecule has 8 heteroatoms. The summed E-state index contributed by atoms with van der Waals surface area (Å²) >= 11 is 1.77. The third-order valence-corrected chi connectivity index (χ3v) is 9.29. The van der Waals surface area contributed by atoms with Gasteiger partial charge < -0.3 is 14.7 Å². The van der Waals surface area contributed by atoms with Crippen molar-refractivity contribution in [3.05, 3.63) is 16.8 Å². The third-order valence-electron chi connectivity index (χ3n) is 8.11. The molecule has 1 N–H and O–H groups in total. The standard InChI is InChI=1S/C26H38N4O3S/c1-3-19(31)14-17-6-11-21-23(17)24-25(27-16-28-26(24)34-21)33-20-9-7-18(8-10-20)29(2)15-22(32)30-12-4-5-13-30/h16-20,31H,3-15H2,1-2H3/t17-,18-,19+,20-/m1/s1. The number of amides is 1. The normalized spacial score (nSPS) is 25.8. The number of nitrogens with zero attached hydrogens (tertiary/aromatic N) is 4. The van der Waals surface area contributed by atoms with E-state index in [0.717, 1.165) is 93.4 Å². The van der Waals surface area contributed by atoms with Gasteiger partial charge in [0.25, 0.3) is 0 Å². The fourth-order valence-corrected chi connectivity index (χ4v) is 7.26. The molecule has 7 nitrogen and oxygen atoms in total. The van der Waals surface area contributed by atoms with Crippen LogP contribution in [0.3, 0.4) is 0 Å². The van der Waals surface area contributed by atoms with Crippen LogP contribution in [0.1, 0.15) is 81.1 Å². The predicted octanol–water partition coefficient (Wildman–Crippen LogP) is 4.13. The highest BCUT2D eigenvalue weighted by molar-refractivity contribution is 7.19. The second-order valence-electron chi connectivity index (χ2n) is 10.4. The number of ether oxygens (including phenoxy) is 1. The van der Waals surface area contributed by atoms with Gasteiger partial charge in [0.2, 0.25) is 11.8 Å². The quantitative estimate of drug-likeness (QED) is 0.605. The number of aromatic nitrogens is 2. The second-order valence-corrected chi connectivity index (χ2v) is 11.5. The van der Waals surface area contributed by atoms with Gasteiger partial charge in [-0.05, 0) is 82.7 Å². The Morgan fingerprint density at radius 2 is 2.00 bits per heavy atom. The number of aliphatic hydroxyl groups excluding tert-OH is 1. The smallest absolute Gasteiger partial charge is 0.236 e. The van der Waals surface area contributed by atoms with Gasteiger partial charge in [-0.3, -0.25) is 9.69 Å². The summed E-state index contributed by atoms with van der Waals surface area (Å²) in [4.78, 5) is 28.3. The lowest BCUT2D eigenvalue weighted by Crippen LogP contribution is -2.44. The summed E-state index contributed by atoms with van der Waals surface area (Å²) in [6.45, 7) is 4.41. The molecule has 1 saturated carbocycles. The number of thiophene rings is 1. The van der Waals surface area contributed by atoms with E-state index < -0.39 is 0 Å². The van der Waals surface area contributed by atoms with Crippen LogP contribution in [0, 0.1) is 0 Å². The number of likely N-dealkylation sites (N-methyl/N-ethyl adjacent to an activating group) is 1. The van der Waals surface area contributed by atoms with Crippen molar-refractivity contribution in [2.75, 3.05) is 26.7 Å². The van der Waals surface area contributed by atoms with Gasteiger partial charge in [0, 0.05) is 24.0 Å². The number of hydrogen-bond donors (Lipinski definition) is 1. The summed E-state index contributed by atoms with van der Waals surface area (Å²) in [5, 5.41) is 11.4. The second kappa shape index (κ2) is 10.5. The fourth-order valence-electron chi connectivity index (χ4n) is 6.03. The molecule has 3 heterocycles. The first-order chi connectivity index (χ1) is 16.5. The largest absolute Gasteiger partial charge is 0.474 e. The van der Waals surface area contributed by atoms with Crippen LogP contribution < -0.4 is 4.74 Å². The molecule has 1 saturated heterocycles. The maximum Gasteiger partial charge on any atom is 0.236 e. The molecule has 0 aromatic carbocycles. The minimum Gasteiger partial charge on any atom is -0.474 e. The first-order valence-electron chi connectivity index (χ1n) is 13.1. The van der Waals surface area contributed by atoms with Gasteiger partial charge in [-0.2, -0.15) is 0 Å². The van der Waals surface area contributed by atoms with Gasteiger partial charge >= 0.3 is 0 Å². The maximum atomic E-state index is 12.5. The van der Waals surface area contributed by atoms with E-state index in [2.05, 4.69) is 21.9 Å². The first-order valence-corrected chi connectivity index (χ1v) is 13.9. The van der Waals surface area contributed by atoms with Crippen molar-refractivity contribution >= 4 is 27.5 Å². The Bertz CT molecular complexity index is 997. The summed E-state index contributed by atoms with van der Waals surface area (Å²) in [5.41, 5.74) is 1.33. The average Bonchev–Trinajstić information content (AvgIpc) is 3.58. The summed E-state index contributed by atoms with van der Waals surface area (Å²) in [6.07, 6.45) is 11.6.